The van der Waals surface area contributed by atoms with Crippen LogP contribution in [0.25, 0.3) is 0 Å². The molecule has 1 unspecified atom stereocenters. The molecule has 22 heavy (non-hydrogen) atoms. The van der Waals surface area contributed by atoms with Crippen LogP contribution in [0.3, 0.4) is 0 Å². The lowest BCUT2D eigenvalue weighted by atomic mass is 9.67. The number of ether oxygens (including phenoxy) is 1. The summed E-state index contributed by atoms with van der Waals surface area (Å²) in [4.78, 5) is 12.8. The zero-order chi connectivity index (χ0) is 15.4. The first-order valence-electron chi connectivity index (χ1n) is 8.33. The molecule has 0 spiro atoms. The predicted molar refractivity (Wildman–Crippen MR) is 86.5 cm³/mol. The molecule has 2 aliphatic rings. The van der Waals surface area contributed by atoms with Crippen LogP contribution in [0.15, 0.2) is 30.3 Å². The maximum absolute atomic E-state index is 12.8. The summed E-state index contributed by atoms with van der Waals surface area (Å²) in [7, 11) is 1.70. The highest BCUT2D eigenvalue weighted by Crippen LogP contribution is 2.43. The van der Waals surface area contributed by atoms with Gasteiger partial charge in [0.2, 0.25) is 5.91 Å². The van der Waals surface area contributed by atoms with Crippen LogP contribution >= 0.6 is 0 Å². The Bertz CT molecular complexity index is 505. The highest BCUT2D eigenvalue weighted by Gasteiger charge is 2.49. The maximum Gasteiger partial charge on any atom is 0.227 e. The SMILES string of the molecule is COC(CNC(=O)[C@@]12CCCC[C@H]1CNC2)c1ccccc1. The van der Waals surface area contributed by atoms with Crippen LogP contribution < -0.4 is 10.6 Å². The summed E-state index contributed by atoms with van der Waals surface area (Å²) in [5, 5.41) is 6.59. The van der Waals surface area contributed by atoms with Crippen molar-refractivity contribution in [2.75, 3.05) is 26.7 Å². The lowest BCUT2D eigenvalue weighted by molar-refractivity contribution is -0.134. The van der Waals surface area contributed by atoms with E-state index in [2.05, 4.69) is 10.6 Å². The first-order valence-corrected chi connectivity index (χ1v) is 8.33. The predicted octanol–water partition coefficient (Wildman–Crippen LogP) is 2.27. The molecular weight excluding hydrogens is 276 g/mol. The van der Waals surface area contributed by atoms with Crippen molar-refractivity contribution in [2.24, 2.45) is 11.3 Å². The number of carbonyl (C=O) groups excluding carboxylic acids is 1. The Balaban J connectivity index is 1.64. The number of fused-ring (bicyclic) bond motifs is 1. The van der Waals surface area contributed by atoms with Crippen LogP contribution in [-0.2, 0) is 9.53 Å². The van der Waals surface area contributed by atoms with Crippen molar-refractivity contribution in [3.05, 3.63) is 35.9 Å². The summed E-state index contributed by atoms with van der Waals surface area (Å²) in [5.74, 6) is 0.708. The monoisotopic (exact) mass is 302 g/mol. The summed E-state index contributed by atoms with van der Waals surface area (Å²) in [5.41, 5.74) is 0.917. The normalized spacial score (nSPS) is 28.9. The average Bonchev–Trinajstić information content (AvgIpc) is 3.01. The Morgan fingerprint density at radius 2 is 2.23 bits per heavy atom. The van der Waals surface area contributed by atoms with Crippen LogP contribution in [0.2, 0.25) is 0 Å². The molecule has 2 N–H and O–H groups in total. The molecule has 2 fully saturated rings. The van der Waals surface area contributed by atoms with Crippen LogP contribution in [0, 0.1) is 11.3 Å². The molecule has 3 atom stereocenters. The molecule has 1 aromatic carbocycles. The zero-order valence-electron chi connectivity index (χ0n) is 13.3. The molecule has 1 amide bonds. The van der Waals surface area contributed by atoms with Crippen LogP contribution in [-0.4, -0.2) is 32.7 Å². The third-order valence-corrected chi connectivity index (χ3v) is 5.39. The first-order chi connectivity index (χ1) is 10.8. The van der Waals surface area contributed by atoms with Gasteiger partial charge in [0.1, 0.15) is 0 Å². The average molecular weight is 302 g/mol. The fourth-order valence-corrected chi connectivity index (χ4v) is 4.06. The Kier molecular flexibility index (Phi) is 4.79. The van der Waals surface area contributed by atoms with Crippen LogP contribution in [0.5, 0.6) is 0 Å². The van der Waals surface area contributed by atoms with E-state index in [1.807, 2.05) is 30.3 Å². The Hall–Kier alpha value is -1.39. The van der Waals surface area contributed by atoms with Gasteiger partial charge < -0.3 is 15.4 Å². The second-order valence-electron chi connectivity index (χ2n) is 6.57. The van der Waals surface area contributed by atoms with Crippen molar-refractivity contribution >= 4 is 5.91 Å². The van der Waals surface area contributed by atoms with Gasteiger partial charge in [-0.1, -0.05) is 43.2 Å². The highest BCUT2D eigenvalue weighted by molar-refractivity contribution is 5.84. The van der Waals surface area contributed by atoms with Gasteiger partial charge in [-0.2, -0.15) is 0 Å². The minimum atomic E-state index is -0.187. The van der Waals surface area contributed by atoms with Crippen molar-refractivity contribution in [1.82, 2.24) is 10.6 Å². The highest BCUT2D eigenvalue weighted by atomic mass is 16.5. The van der Waals surface area contributed by atoms with E-state index in [0.717, 1.165) is 31.5 Å². The quantitative estimate of drug-likeness (QED) is 0.877. The van der Waals surface area contributed by atoms with Gasteiger partial charge >= 0.3 is 0 Å². The molecule has 0 aromatic heterocycles. The number of nitrogens with one attached hydrogen (secondary N) is 2. The van der Waals surface area contributed by atoms with Gasteiger partial charge in [0.05, 0.1) is 11.5 Å². The molecular formula is C18H26N2O2. The third-order valence-electron chi connectivity index (χ3n) is 5.39. The van der Waals surface area contributed by atoms with Crippen molar-refractivity contribution in [2.45, 2.75) is 31.8 Å². The van der Waals surface area contributed by atoms with E-state index in [-0.39, 0.29) is 17.4 Å². The summed E-state index contributed by atoms with van der Waals surface area (Å²) in [6.45, 7) is 2.35. The van der Waals surface area contributed by atoms with Crippen molar-refractivity contribution < 1.29 is 9.53 Å². The van der Waals surface area contributed by atoms with Gasteiger partial charge in [0.25, 0.3) is 0 Å². The number of amides is 1. The van der Waals surface area contributed by atoms with E-state index in [1.54, 1.807) is 7.11 Å². The smallest absolute Gasteiger partial charge is 0.227 e. The molecule has 4 nitrogen and oxygen atoms in total. The Labute approximate surface area is 132 Å². The zero-order valence-corrected chi connectivity index (χ0v) is 13.3. The van der Waals surface area contributed by atoms with E-state index in [0.29, 0.717) is 12.5 Å². The number of hydrogen-bond donors (Lipinski definition) is 2. The second kappa shape index (κ2) is 6.80. The van der Waals surface area contributed by atoms with E-state index in [4.69, 9.17) is 4.74 Å². The molecule has 1 aliphatic heterocycles. The van der Waals surface area contributed by atoms with Crippen molar-refractivity contribution in [3.63, 3.8) is 0 Å². The molecule has 120 valence electrons. The number of rotatable bonds is 5. The number of benzene rings is 1. The largest absolute Gasteiger partial charge is 0.375 e. The minimum Gasteiger partial charge on any atom is -0.375 e. The summed E-state index contributed by atoms with van der Waals surface area (Å²) < 4.78 is 5.55. The molecule has 1 saturated carbocycles. The molecule has 1 aromatic rings. The summed E-state index contributed by atoms with van der Waals surface area (Å²) in [6, 6.07) is 10.1. The van der Waals surface area contributed by atoms with Gasteiger partial charge in [-0.05, 0) is 30.9 Å². The fraction of sp³-hybridized carbons (Fsp3) is 0.611. The second-order valence-corrected chi connectivity index (χ2v) is 6.57. The van der Waals surface area contributed by atoms with Gasteiger partial charge in [-0.15, -0.1) is 0 Å². The molecule has 3 rings (SSSR count). The maximum atomic E-state index is 12.8. The van der Waals surface area contributed by atoms with Crippen molar-refractivity contribution in [1.29, 1.82) is 0 Å². The lowest BCUT2D eigenvalue weighted by Gasteiger charge is -2.37. The van der Waals surface area contributed by atoms with Gasteiger partial charge in [-0.25, -0.2) is 0 Å². The van der Waals surface area contributed by atoms with Crippen molar-refractivity contribution in [3.8, 4) is 0 Å². The third kappa shape index (κ3) is 2.90. The van der Waals surface area contributed by atoms with Gasteiger partial charge in [-0.3, -0.25) is 4.79 Å². The van der Waals surface area contributed by atoms with Crippen LogP contribution in [0.4, 0.5) is 0 Å². The fourth-order valence-electron chi connectivity index (χ4n) is 4.06. The molecule has 1 aliphatic carbocycles. The summed E-state index contributed by atoms with van der Waals surface area (Å²) >= 11 is 0. The van der Waals surface area contributed by atoms with E-state index < -0.39 is 0 Å². The first kappa shape index (κ1) is 15.5. The summed E-state index contributed by atoms with van der Waals surface area (Å²) in [6.07, 6.45) is 4.52. The number of hydrogen-bond acceptors (Lipinski definition) is 3. The minimum absolute atomic E-state index is 0.0852. The van der Waals surface area contributed by atoms with E-state index in [1.165, 1.54) is 12.8 Å². The molecule has 0 radical (unpaired) electrons. The number of carbonyl (C=O) groups is 1. The van der Waals surface area contributed by atoms with E-state index >= 15 is 0 Å². The van der Waals surface area contributed by atoms with E-state index in [9.17, 15) is 4.79 Å². The molecule has 0 bridgehead atoms. The standard InChI is InChI=1S/C18H26N2O2/c1-22-16(14-7-3-2-4-8-14)12-20-17(21)18-10-6-5-9-15(18)11-19-13-18/h2-4,7-8,15-16,19H,5-6,9-13H2,1H3,(H,20,21)/t15-,16?,18+/m0/s1. The van der Waals surface area contributed by atoms with Gasteiger partial charge in [0.15, 0.2) is 0 Å². The lowest BCUT2D eigenvalue weighted by Crippen LogP contribution is -2.48. The molecule has 1 saturated heterocycles. The van der Waals surface area contributed by atoms with Crippen LogP contribution in [0.1, 0.15) is 37.4 Å². The number of methoxy groups -OCH3 is 1. The topological polar surface area (TPSA) is 50.4 Å². The Morgan fingerprint density at radius 3 is 3.00 bits per heavy atom. The van der Waals surface area contributed by atoms with Gasteiger partial charge in [0, 0.05) is 20.2 Å². The molecule has 1 heterocycles. The molecule has 4 heteroatoms. The Morgan fingerprint density at radius 1 is 1.41 bits per heavy atom.